The molecule has 14 heteroatoms. The summed E-state index contributed by atoms with van der Waals surface area (Å²) in [5, 5.41) is 26.7. The van der Waals surface area contributed by atoms with Gasteiger partial charge >= 0.3 is 11.9 Å². The number of hydrogen-bond donors (Lipinski definition) is 3. The molecule has 56 heavy (non-hydrogen) atoms. The molecule has 2 unspecified atom stereocenters. The van der Waals surface area contributed by atoms with E-state index < -0.39 is 40.4 Å². The molecule has 1 spiro atoms. The third kappa shape index (κ3) is 4.76. The van der Waals surface area contributed by atoms with Gasteiger partial charge in [-0.25, -0.2) is 4.79 Å². The molecular weight excluding hydrogens is 739 g/mol. The van der Waals surface area contributed by atoms with E-state index in [0.717, 1.165) is 38.8 Å². The molecule has 294 valence electrons. The second-order valence-corrected chi connectivity index (χ2v) is 17.5. The molecule has 0 aliphatic carbocycles. The van der Waals surface area contributed by atoms with Crippen molar-refractivity contribution in [2.75, 3.05) is 46.5 Å². The summed E-state index contributed by atoms with van der Waals surface area (Å²) in [4.78, 5) is 32.8. The second-order valence-electron chi connectivity index (χ2n) is 16.4. The van der Waals surface area contributed by atoms with Crippen LogP contribution in [-0.4, -0.2) is 96.0 Å². The molecule has 3 N–H and O–H groups in total. The highest BCUT2D eigenvalue weighted by Crippen LogP contribution is 2.65. The monoisotopic (exact) mass is 783 g/mol. The van der Waals surface area contributed by atoms with Crippen LogP contribution in [0.1, 0.15) is 75.9 Å². The molecule has 12 rings (SSSR count). The molecule has 8 aliphatic rings. The SMILES string of the molecule is COc1c(C)cc2c(c1O)[C@H]1[C@@H]3[C@@H]4SC[C@]5(N[C@@H](CO)Cc6c5oc5ccccc65)C(=O)OC[C@@H](c5c6c(c(C)c(OC(C)=O)c54)OCO6)N3C(C)(C2)CN1C. The maximum atomic E-state index is 15.0. The molecule has 2 saturated heterocycles. The fourth-order valence-electron chi connectivity index (χ4n) is 11.1. The Labute approximate surface area is 328 Å². The Bertz CT molecular complexity index is 2360. The fraction of sp³-hybridized carbons (Fsp3) is 0.476. The van der Waals surface area contributed by atoms with Crippen LogP contribution >= 0.6 is 11.8 Å². The summed E-state index contributed by atoms with van der Waals surface area (Å²) in [6.07, 6.45) is 1.07. The maximum Gasteiger partial charge on any atom is 0.335 e. The molecule has 0 amide bonds. The van der Waals surface area contributed by atoms with Crippen molar-refractivity contribution in [1.82, 2.24) is 15.1 Å². The number of para-hydroxylation sites is 1. The third-order valence-electron chi connectivity index (χ3n) is 13.0. The van der Waals surface area contributed by atoms with Crippen LogP contribution in [0.2, 0.25) is 0 Å². The third-order valence-corrected chi connectivity index (χ3v) is 14.4. The number of aliphatic hydroxyl groups excluding tert-OH is 1. The Kier molecular flexibility index (Phi) is 8.02. The van der Waals surface area contributed by atoms with E-state index in [1.54, 1.807) is 18.9 Å². The van der Waals surface area contributed by atoms with E-state index in [4.69, 9.17) is 28.1 Å². The standard InChI is InChI=1S/C42H45N3O10S/c1-19-11-22-13-41(4)16-44(5)31(28(22)33(48)34(19)50-6)32-38-30-29(37-36(52-18-53-37)20(2)35(30)54-21(3)47)26(45(32)41)15-51-40(49)42(17-56-38)39-25(12-23(14-46)43-42)24-9-7-8-10-27(24)55-39/h7-11,23,26,31-32,38,43,46,48H,12-18H2,1-6H3/t23-,26+,31+,32-,38-,41?,42-/m1/s1. The van der Waals surface area contributed by atoms with Gasteiger partial charge in [0.15, 0.2) is 28.5 Å². The molecule has 4 bridgehead atoms. The summed E-state index contributed by atoms with van der Waals surface area (Å²) < 4.78 is 37.6. The largest absolute Gasteiger partial charge is 0.504 e. The van der Waals surface area contributed by atoms with Crippen LogP contribution in [-0.2, 0) is 32.7 Å². The van der Waals surface area contributed by atoms with Crippen LogP contribution in [0.3, 0.4) is 0 Å². The van der Waals surface area contributed by atoms with Crippen molar-refractivity contribution in [3.05, 3.63) is 75.0 Å². The molecule has 2 fully saturated rings. The van der Waals surface area contributed by atoms with Crippen molar-refractivity contribution in [3.63, 3.8) is 0 Å². The van der Waals surface area contributed by atoms with Gasteiger partial charge in [-0.15, -0.1) is 11.8 Å². The van der Waals surface area contributed by atoms with Crippen LogP contribution in [0.25, 0.3) is 11.0 Å². The van der Waals surface area contributed by atoms with Gasteiger partial charge in [0.05, 0.1) is 31.1 Å². The number of methoxy groups -OCH3 is 1. The smallest absolute Gasteiger partial charge is 0.335 e. The van der Waals surface area contributed by atoms with Crippen LogP contribution in [0.5, 0.6) is 28.7 Å². The van der Waals surface area contributed by atoms with E-state index in [2.05, 4.69) is 35.2 Å². The first-order valence-corrected chi connectivity index (χ1v) is 20.2. The summed E-state index contributed by atoms with van der Waals surface area (Å²) in [7, 11) is 3.67. The van der Waals surface area contributed by atoms with E-state index in [1.807, 2.05) is 38.1 Å². The summed E-state index contributed by atoms with van der Waals surface area (Å²) in [5.41, 5.74) is 4.35. The number of esters is 2. The van der Waals surface area contributed by atoms with E-state index in [-0.39, 0.29) is 43.6 Å². The maximum absolute atomic E-state index is 15.0. The Morgan fingerprint density at radius 2 is 1.89 bits per heavy atom. The number of nitrogens with zero attached hydrogens (tertiary/aromatic N) is 2. The number of aliphatic hydroxyl groups is 1. The van der Waals surface area contributed by atoms with Crippen LogP contribution in [0.4, 0.5) is 0 Å². The second kappa shape index (κ2) is 12.5. The van der Waals surface area contributed by atoms with Crippen molar-refractivity contribution < 1.29 is 47.9 Å². The van der Waals surface area contributed by atoms with Gasteiger partial charge in [-0.2, -0.15) is 0 Å². The van der Waals surface area contributed by atoms with E-state index in [9.17, 15) is 15.0 Å². The number of fused-ring (bicyclic) bond motifs is 8. The molecule has 1 aromatic heterocycles. The number of ether oxygens (including phenoxy) is 5. The van der Waals surface area contributed by atoms with Gasteiger partial charge in [0.2, 0.25) is 6.79 Å². The first kappa shape index (κ1) is 35.9. The molecule has 3 aromatic carbocycles. The van der Waals surface area contributed by atoms with Gasteiger partial charge in [-0.1, -0.05) is 24.3 Å². The van der Waals surface area contributed by atoms with Crippen LogP contribution in [0, 0.1) is 13.8 Å². The zero-order valence-electron chi connectivity index (χ0n) is 32.2. The van der Waals surface area contributed by atoms with Crippen molar-refractivity contribution >= 4 is 34.7 Å². The minimum Gasteiger partial charge on any atom is -0.504 e. The number of hydrogen-bond acceptors (Lipinski definition) is 14. The lowest BCUT2D eigenvalue weighted by atomic mass is 9.76. The van der Waals surface area contributed by atoms with Crippen LogP contribution < -0.4 is 24.3 Å². The number of likely N-dealkylation sites (N-methyl/N-ethyl adjacent to an activating group) is 1. The molecule has 4 aromatic rings. The number of rotatable bonds is 3. The predicted octanol–water partition coefficient (Wildman–Crippen LogP) is 4.88. The van der Waals surface area contributed by atoms with E-state index >= 15 is 4.79 Å². The highest BCUT2D eigenvalue weighted by molar-refractivity contribution is 7.99. The average molecular weight is 784 g/mol. The van der Waals surface area contributed by atoms with Gasteiger partial charge in [-0.05, 0) is 57.9 Å². The number of benzene rings is 3. The molecule has 0 saturated carbocycles. The Morgan fingerprint density at radius 3 is 2.66 bits per heavy atom. The Balaban J connectivity index is 1.26. The number of carbonyl (C=O) groups excluding carboxylic acids is 2. The molecule has 0 radical (unpaired) electrons. The lowest BCUT2D eigenvalue weighted by Crippen LogP contribution is -2.69. The topological polar surface area (TPSA) is 152 Å². The number of aryl methyl sites for hydroxylation is 1. The zero-order valence-corrected chi connectivity index (χ0v) is 33.0. The van der Waals surface area contributed by atoms with Gasteiger partial charge < -0.3 is 38.3 Å². The lowest BCUT2D eigenvalue weighted by molar-refractivity contribution is -0.161. The molecule has 13 nitrogen and oxygen atoms in total. The summed E-state index contributed by atoms with van der Waals surface area (Å²) in [5.74, 6) is 1.64. The number of carbonyl (C=O) groups is 2. The summed E-state index contributed by atoms with van der Waals surface area (Å²) in [6.45, 7) is 7.81. The zero-order chi connectivity index (χ0) is 39.0. The lowest BCUT2D eigenvalue weighted by Gasteiger charge is -2.61. The van der Waals surface area contributed by atoms with Crippen molar-refractivity contribution in [1.29, 1.82) is 0 Å². The Morgan fingerprint density at radius 1 is 1.11 bits per heavy atom. The molecule has 8 aliphatic heterocycles. The first-order chi connectivity index (χ1) is 26.9. The highest BCUT2D eigenvalue weighted by atomic mass is 32.2. The van der Waals surface area contributed by atoms with Gasteiger partial charge in [0.1, 0.15) is 23.7 Å². The fourth-order valence-corrected chi connectivity index (χ4v) is 12.7. The molecular formula is C42H45N3O10S. The van der Waals surface area contributed by atoms with Crippen molar-refractivity contribution in [3.8, 4) is 28.7 Å². The van der Waals surface area contributed by atoms with E-state index in [0.29, 0.717) is 59.3 Å². The molecule has 8 atom stereocenters. The molecule has 9 heterocycles. The number of furan rings is 1. The van der Waals surface area contributed by atoms with Crippen LogP contribution in [0.15, 0.2) is 34.7 Å². The average Bonchev–Trinajstić information content (AvgIpc) is 3.76. The van der Waals surface area contributed by atoms with Gasteiger partial charge in [0, 0.05) is 70.0 Å². The first-order valence-electron chi connectivity index (χ1n) is 19.1. The minimum absolute atomic E-state index is 0.00862. The number of thioether (sulfide) groups is 1. The summed E-state index contributed by atoms with van der Waals surface area (Å²) >= 11 is 1.55. The van der Waals surface area contributed by atoms with Crippen molar-refractivity contribution in [2.45, 2.75) is 81.0 Å². The van der Waals surface area contributed by atoms with E-state index in [1.165, 1.54) is 6.92 Å². The summed E-state index contributed by atoms with van der Waals surface area (Å²) in [6, 6.07) is 8.09. The van der Waals surface area contributed by atoms with Gasteiger partial charge in [0.25, 0.3) is 0 Å². The highest BCUT2D eigenvalue weighted by Gasteiger charge is 2.63. The number of piperazine rings is 1. The number of aromatic hydroxyl groups is 1. The number of phenols is 1. The van der Waals surface area contributed by atoms with Gasteiger partial charge in [-0.3, -0.25) is 19.9 Å². The Hall–Kier alpha value is -4.47. The van der Waals surface area contributed by atoms with Crippen molar-refractivity contribution in [2.24, 2.45) is 0 Å². The predicted molar refractivity (Wildman–Crippen MR) is 206 cm³/mol. The quantitative estimate of drug-likeness (QED) is 0.191. The number of nitrogens with one attached hydrogen (secondary N) is 1. The normalized spacial score (nSPS) is 31.3. The minimum atomic E-state index is -1.47. The number of phenolic OH excluding ortho intramolecular Hbond substituents is 1.